The van der Waals surface area contributed by atoms with Crippen LogP contribution in [0.15, 0.2) is 64.3 Å². The Kier molecular flexibility index (Phi) is 5.45. The summed E-state index contributed by atoms with van der Waals surface area (Å²) in [6, 6.07) is 8.50. The van der Waals surface area contributed by atoms with E-state index < -0.39 is 29.2 Å². The Labute approximate surface area is 201 Å². The Morgan fingerprint density at radius 1 is 1.31 bits per heavy atom. The van der Waals surface area contributed by atoms with Crippen molar-refractivity contribution in [1.82, 2.24) is 4.98 Å². The molecule has 2 aromatic heterocycles. The van der Waals surface area contributed by atoms with Crippen LogP contribution in [0.2, 0.25) is 0 Å². The van der Waals surface area contributed by atoms with Gasteiger partial charge in [0.1, 0.15) is 28.6 Å². The normalized spacial score (nSPS) is 14.9. The minimum atomic E-state index is -1.03. The van der Waals surface area contributed by atoms with Crippen LogP contribution in [-0.4, -0.2) is 28.6 Å². The monoisotopic (exact) mass is 492 g/mol. The number of hydrogen-bond acceptors (Lipinski definition) is 8. The number of amides is 1. The predicted octanol–water partition coefficient (Wildman–Crippen LogP) is 4.50. The number of carbonyl (C=O) groups excluding carboxylic acids is 2. The first-order valence-corrected chi connectivity index (χ1v) is 11.3. The molecule has 2 aromatic carbocycles. The Morgan fingerprint density at radius 2 is 2.11 bits per heavy atom. The van der Waals surface area contributed by atoms with E-state index in [-0.39, 0.29) is 44.7 Å². The molecule has 5 rings (SSSR count). The van der Waals surface area contributed by atoms with Gasteiger partial charge in [-0.1, -0.05) is 36.1 Å². The molecule has 0 fully saturated rings. The van der Waals surface area contributed by atoms with Gasteiger partial charge < -0.3 is 14.3 Å². The molecule has 1 N–H and O–H groups in total. The third kappa shape index (κ3) is 3.68. The number of esters is 1. The van der Waals surface area contributed by atoms with Gasteiger partial charge in [0.2, 0.25) is 5.76 Å². The Bertz CT molecular complexity index is 1590. The lowest BCUT2D eigenvalue weighted by molar-refractivity contribution is 0.0554. The number of fused-ring (bicyclic) bond motifs is 2. The summed E-state index contributed by atoms with van der Waals surface area (Å²) >= 11 is 0.924. The SMILES string of the molecule is C=CCOC(=O)c1sc(N2C(=O)c3oc4ccc(F)cc4c(=O)c3[C@@H]2c2cccc(O)c2)nc1C. The van der Waals surface area contributed by atoms with Gasteiger partial charge in [-0.15, -0.1) is 0 Å². The first-order chi connectivity index (χ1) is 16.8. The van der Waals surface area contributed by atoms with E-state index in [0.29, 0.717) is 11.3 Å². The van der Waals surface area contributed by atoms with E-state index in [1.54, 1.807) is 19.1 Å². The van der Waals surface area contributed by atoms with Gasteiger partial charge in [0.25, 0.3) is 5.91 Å². The fraction of sp³-hybridized carbons (Fsp3) is 0.120. The zero-order valence-corrected chi connectivity index (χ0v) is 19.1. The van der Waals surface area contributed by atoms with Crippen molar-refractivity contribution in [2.75, 3.05) is 11.5 Å². The molecule has 0 saturated carbocycles. The van der Waals surface area contributed by atoms with Gasteiger partial charge in [0.15, 0.2) is 10.6 Å². The van der Waals surface area contributed by atoms with Gasteiger partial charge >= 0.3 is 5.97 Å². The average molecular weight is 492 g/mol. The van der Waals surface area contributed by atoms with Crippen molar-refractivity contribution in [2.24, 2.45) is 0 Å². The standard InChI is InChI=1S/C25H17FN2O6S/c1-3-9-33-24(32)22-12(2)27-25(35-22)28-19(13-5-4-6-15(29)10-13)18-20(30)16-11-14(26)7-8-17(16)34-21(18)23(28)31/h3-8,10-11,19,29H,1,9H2,2H3/t19-/m0/s1. The molecule has 0 spiro atoms. The smallest absolute Gasteiger partial charge is 0.350 e. The highest BCUT2D eigenvalue weighted by molar-refractivity contribution is 7.17. The number of halogens is 1. The largest absolute Gasteiger partial charge is 0.508 e. The highest BCUT2D eigenvalue weighted by Crippen LogP contribution is 2.43. The van der Waals surface area contributed by atoms with Gasteiger partial charge in [-0.3, -0.25) is 14.5 Å². The predicted molar refractivity (Wildman–Crippen MR) is 127 cm³/mol. The number of thiazole rings is 1. The molecule has 1 atom stereocenters. The third-order valence-corrected chi connectivity index (χ3v) is 6.66. The van der Waals surface area contributed by atoms with Gasteiger partial charge in [-0.2, -0.15) is 0 Å². The minimum absolute atomic E-state index is 0.00702. The van der Waals surface area contributed by atoms with Crippen LogP contribution in [0.25, 0.3) is 11.0 Å². The summed E-state index contributed by atoms with van der Waals surface area (Å²) in [6.45, 7) is 5.12. The van der Waals surface area contributed by atoms with Crippen molar-refractivity contribution in [3.8, 4) is 5.75 Å². The lowest BCUT2D eigenvalue weighted by atomic mass is 9.98. The van der Waals surface area contributed by atoms with E-state index in [2.05, 4.69) is 11.6 Å². The molecule has 1 amide bonds. The number of benzene rings is 2. The number of carbonyl (C=O) groups is 2. The van der Waals surface area contributed by atoms with E-state index in [4.69, 9.17) is 9.15 Å². The number of anilines is 1. The summed E-state index contributed by atoms with van der Waals surface area (Å²) in [5.74, 6) is -2.20. The number of rotatable bonds is 5. The molecule has 8 nitrogen and oxygen atoms in total. The molecular weight excluding hydrogens is 475 g/mol. The maximum atomic E-state index is 13.9. The highest BCUT2D eigenvalue weighted by atomic mass is 32.1. The summed E-state index contributed by atoms with van der Waals surface area (Å²) in [5.41, 5.74) is 0.211. The quantitative estimate of drug-likeness (QED) is 0.323. The lowest BCUT2D eigenvalue weighted by Gasteiger charge is -2.22. The number of aryl methyl sites for hydroxylation is 1. The molecule has 0 bridgehead atoms. The van der Waals surface area contributed by atoms with Gasteiger partial charge in [-0.05, 0) is 42.8 Å². The van der Waals surface area contributed by atoms with E-state index in [0.717, 1.165) is 23.5 Å². The molecule has 0 saturated heterocycles. The maximum absolute atomic E-state index is 13.9. The van der Waals surface area contributed by atoms with E-state index in [1.807, 2.05) is 0 Å². The second-order valence-electron chi connectivity index (χ2n) is 7.79. The number of hydrogen-bond donors (Lipinski definition) is 1. The van der Waals surface area contributed by atoms with E-state index in [9.17, 15) is 23.9 Å². The summed E-state index contributed by atoms with van der Waals surface area (Å²) < 4.78 is 24.8. The molecule has 1 aliphatic rings. The van der Waals surface area contributed by atoms with E-state index in [1.165, 1.54) is 29.2 Å². The van der Waals surface area contributed by atoms with Crippen LogP contribution in [0.4, 0.5) is 9.52 Å². The third-order valence-electron chi connectivity index (χ3n) is 5.53. The first-order valence-electron chi connectivity index (χ1n) is 10.4. The maximum Gasteiger partial charge on any atom is 0.350 e. The average Bonchev–Trinajstić information content (AvgIpc) is 3.35. The number of phenolic OH excluding ortho intramolecular Hbond substituents is 1. The zero-order chi connectivity index (χ0) is 24.9. The van der Waals surface area contributed by atoms with Gasteiger partial charge in [0, 0.05) is 0 Å². The molecule has 176 valence electrons. The summed E-state index contributed by atoms with van der Waals surface area (Å²) in [7, 11) is 0. The molecular formula is C25H17FN2O6S. The number of aromatic nitrogens is 1. The molecule has 35 heavy (non-hydrogen) atoms. The van der Waals surface area contributed by atoms with Crippen LogP contribution in [0, 0.1) is 12.7 Å². The molecule has 10 heteroatoms. The summed E-state index contributed by atoms with van der Waals surface area (Å²) in [6.07, 6.45) is 1.43. The Balaban J connectivity index is 1.73. The van der Waals surface area contributed by atoms with Crippen LogP contribution >= 0.6 is 11.3 Å². The second-order valence-corrected chi connectivity index (χ2v) is 8.76. The Hall–Kier alpha value is -4.31. The van der Waals surface area contributed by atoms with Crippen molar-refractivity contribution < 1.29 is 28.2 Å². The fourth-order valence-corrected chi connectivity index (χ4v) is 5.01. The van der Waals surface area contributed by atoms with E-state index >= 15 is 0 Å². The van der Waals surface area contributed by atoms with Crippen molar-refractivity contribution in [1.29, 1.82) is 0 Å². The highest BCUT2D eigenvalue weighted by Gasteiger charge is 2.45. The topological polar surface area (TPSA) is 110 Å². The molecule has 1 aliphatic heterocycles. The van der Waals surface area contributed by atoms with Crippen molar-refractivity contribution in [3.63, 3.8) is 0 Å². The first kappa shape index (κ1) is 22.5. The van der Waals surface area contributed by atoms with Crippen molar-refractivity contribution in [3.05, 3.63) is 98.6 Å². The molecule has 0 unspecified atom stereocenters. The van der Waals surface area contributed by atoms with Crippen LogP contribution < -0.4 is 10.3 Å². The van der Waals surface area contributed by atoms with Crippen LogP contribution in [0.1, 0.15) is 43.1 Å². The van der Waals surface area contributed by atoms with Crippen molar-refractivity contribution in [2.45, 2.75) is 13.0 Å². The number of ether oxygens (including phenoxy) is 1. The lowest BCUT2D eigenvalue weighted by Crippen LogP contribution is -2.29. The molecule has 4 aromatic rings. The van der Waals surface area contributed by atoms with Crippen LogP contribution in [-0.2, 0) is 4.74 Å². The fourth-order valence-electron chi connectivity index (χ4n) is 4.03. The summed E-state index contributed by atoms with van der Waals surface area (Å²) in [5, 5.41) is 10.2. The van der Waals surface area contributed by atoms with Crippen molar-refractivity contribution >= 4 is 39.3 Å². The Morgan fingerprint density at radius 3 is 2.86 bits per heavy atom. The summed E-state index contributed by atoms with van der Waals surface area (Å²) in [4.78, 5) is 45.4. The number of aromatic hydroxyl groups is 1. The number of phenols is 1. The second kappa shape index (κ2) is 8.48. The molecule has 3 heterocycles. The van der Waals surface area contributed by atoms with Gasteiger partial charge in [0.05, 0.1) is 22.7 Å². The zero-order valence-electron chi connectivity index (χ0n) is 18.3. The number of nitrogens with zero attached hydrogens (tertiary/aromatic N) is 2. The molecule has 0 radical (unpaired) electrons. The minimum Gasteiger partial charge on any atom is -0.508 e. The van der Waals surface area contributed by atoms with Crippen LogP contribution in [0.3, 0.4) is 0 Å². The van der Waals surface area contributed by atoms with Crippen LogP contribution in [0.5, 0.6) is 5.75 Å². The van der Waals surface area contributed by atoms with Gasteiger partial charge in [-0.25, -0.2) is 14.2 Å². The molecule has 0 aliphatic carbocycles.